The van der Waals surface area contributed by atoms with Crippen molar-refractivity contribution < 1.29 is 22.7 Å². The molecule has 51 heavy (non-hydrogen) atoms. The number of thiophene rings is 1. The van der Waals surface area contributed by atoms with E-state index in [-0.39, 0.29) is 41.3 Å². The molecule has 258 valence electrons. The van der Waals surface area contributed by atoms with E-state index in [0.29, 0.717) is 54.0 Å². The van der Waals surface area contributed by atoms with Crippen LogP contribution in [-0.4, -0.2) is 44.6 Å². The first-order valence-electron chi connectivity index (χ1n) is 17.0. The minimum absolute atomic E-state index is 0.0492. The number of amides is 1. The van der Waals surface area contributed by atoms with Gasteiger partial charge in [-0.25, -0.2) is 23.7 Å². The fraction of sp³-hybridized carbons (Fsp3) is 0.289. The smallest absolute Gasteiger partial charge is 0.434 e. The van der Waals surface area contributed by atoms with Crippen LogP contribution in [0.5, 0.6) is 5.75 Å². The number of anilines is 1. The number of aryl methyl sites for hydroxylation is 3. The van der Waals surface area contributed by atoms with E-state index in [2.05, 4.69) is 15.5 Å². The Balaban J connectivity index is 1.21. The third-order valence-corrected chi connectivity index (χ3v) is 11.4. The summed E-state index contributed by atoms with van der Waals surface area (Å²) in [6, 6.07) is 13.4. The van der Waals surface area contributed by atoms with Gasteiger partial charge >= 0.3 is 5.76 Å². The number of pyridine rings is 2. The molecule has 0 saturated carbocycles. The highest BCUT2D eigenvalue weighted by atomic mass is 32.1. The van der Waals surface area contributed by atoms with Gasteiger partial charge in [-0.2, -0.15) is 0 Å². The van der Waals surface area contributed by atoms with Gasteiger partial charge in [0.25, 0.3) is 11.8 Å². The van der Waals surface area contributed by atoms with Crippen LogP contribution in [0.3, 0.4) is 0 Å². The molecular formula is C38H32F2N6O4S. The van der Waals surface area contributed by atoms with Crippen molar-refractivity contribution in [3.8, 4) is 27.6 Å². The molecule has 6 aromatic rings. The van der Waals surface area contributed by atoms with E-state index < -0.39 is 5.76 Å². The lowest BCUT2D eigenvalue weighted by molar-refractivity contribution is 0.0776. The summed E-state index contributed by atoms with van der Waals surface area (Å²) in [6.45, 7) is 2.57. The van der Waals surface area contributed by atoms with Crippen LogP contribution < -0.4 is 15.8 Å². The van der Waals surface area contributed by atoms with Crippen LogP contribution >= 0.6 is 11.3 Å². The summed E-state index contributed by atoms with van der Waals surface area (Å²) >= 11 is 1.49. The van der Waals surface area contributed by atoms with Crippen molar-refractivity contribution >= 4 is 33.1 Å². The van der Waals surface area contributed by atoms with Gasteiger partial charge < -0.3 is 19.4 Å². The van der Waals surface area contributed by atoms with Gasteiger partial charge in [-0.05, 0) is 92.3 Å². The number of carbonyl (C=O) groups excluding carboxylic acids is 1. The molecule has 2 N–H and O–H groups in total. The molecule has 2 atom stereocenters. The fourth-order valence-electron chi connectivity index (χ4n) is 8.04. The molecule has 13 heteroatoms. The second kappa shape index (κ2) is 12.1. The summed E-state index contributed by atoms with van der Waals surface area (Å²) in [5.74, 6) is -0.502. The average molecular weight is 707 g/mol. The SMILES string of the molecule is COc1c(F)ccc2c1CC[C@H]2Nc1nc(C)cc2cc(-c3c4c(nc(CCc5ccc(F)cc5)c3-c3n[nH]c(=O)o3)[C@H]3CCCN3C4=O)sc12. The average Bonchev–Trinajstić information content (AvgIpc) is 3.96. The molecule has 9 rings (SSSR count). The molecule has 1 amide bonds. The van der Waals surface area contributed by atoms with Crippen LogP contribution in [-0.2, 0) is 19.3 Å². The molecule has 0 unspecified atom stereocenters. The van der Waals surface area contributed by atoms with Crippen LogP contribution in [0.1, 0.15) is 75.5 Å². The van der Waals surface area contributed by atoms with E-state index in [1.54, 1.807) is 18.2 Å². The molecular weight excluding hydrogens is 675 g/mol. The fourth-order valence-corrected chi connectivity index (χ4v) is 9.19. The minimum Gasteiger partial charge on any atom is -0.493 e. The molecule has 0 bridgehead atoms. The van der Waals surface area contributed by atoms with Gasteiger partial charge in [0.1, 0.15) is 11.6 Å². The highest BCUT2D eigenvalue weighted by molar-refractivity contribution is 7.23. The van der Waals surface area contributed by atoms with Crippen molar-refractivity contribution in [3.05, 3.63) is 110 Å². The Morgan fingerprint density at radius 1 is 1.04 bits per heavy atom. The lowest BCUT2D eigenvalue weighted by Crippen LogP contribution is -2.22. The van der Waals surface area contributed by atoms with Crippen molar-refractivity contribution in [2.24, 2.45) is 0 Å². The predicted octanol–water partition coefficient (Wildman–Crippen LogP) is 7.47. The van der Waals surface area contributed by atoms with Crippen LogP contribution in [0.2, 0.25) is 0 Å². The van der Waals surface area contributed by atoms with Crippen molar-refractivity contribution in [2.75, 3.05) is 19.0 Å². The second-order valence-corrected chi connectivity index (χ2v) is 14.3. The molecule has 10 nitrogen and oxygen atoms in total. The normalized spacial score (nSPS) is 17.6. The first-order chi connectivity index (χ1) is 24.8. The van der Waals surface area contributed by atoms with Gasteiger partial charge in [-0.1, -0.05) is 18.2 Å². The number of fused-ring (bicyclic) bond motifs is 5. The van der Waals surface area contributed by atoms with Gasteiger partial charge in [0.05, 0.1) is 46.4 Å². The lowest BCUT2D eigenvalue weighted by Gasteiger charge is -2.17. The minimum atomic E-state index is -0.719. The molecule has 4 aromatic heterocycles. The molecule has 1 fully saturated rings. The maximum absolute atomic E-state index is 14.5. The third-order valence-electron chi connectivity index (χ3n) is 10.3. The van der Waals surface area contributed by atoms with Gasteiger partial charge in [-0.15, -0.1) is 16.4 Å². The number of nitrogens with zero attached hydrogens (tertiary/aromatic N) is 4. The van der Waals surface area contributed by atoms with E-state index in [1.165, 1.54) is 36.6 Å². The van der Waals surface area contributed by atoms with E-state index in [4.69, 9.17) is 19.1 Å². The molecule has 0 spiro atoms. The zero-order chi connectivity index (χ0) is 35.0. The van der Waals surface area contributed by atoms with Crippen molar-refractivity contribution in [3.63, 3.8) is 0 Å². The predicted molar refractivity (Wildman–Crippen MR) is 188 cm³/mol. The summed E-state index contributed by atoms with van der Waals surface area (Å²) in [5.41, 5.74) is 6.51. The number of H-pyrrole nitrogens is 1. The number of hydrogen-bond acceptors (Lipinski definition) is 9. The number of carbonyl (C=O) groups is 1. The van der Waals surface area contributed by atoms with Crippen LogP contribution in [0, 0.1) is 18.6 Å². The van der Waals surface area contributed by atoms with E-state index in [9.17, 15) is 18.4 Å². The van der Waals surface area contributed by atoms with E-state index in [0.717, 1.165) is 62.3 Å². The van der Waals surface area contributed by atoms with E-state index >= 15 is 0 Å². The monoisotopic (exact) mass is 706 g/mol. The summed E-state index contributed by atoms with van der Waals surface area (Å²) in [6.07, 6.45) is 4.08. The van der Waals surface area contributed by atoms with Crippen LogP contribution in [0.25, 0.3) is 32.0 Å². The first kappa shape index (κ1) is 31.5. The number of rotatable bonds is 8. The highest BCUT2D eigenvalue weighted by Gasteiger charge is 2.45. The Morgan fingerprint density at radius 3 is 2.67 bits per heavy atom. The third kappa shape index (κ3) is 5.21. The molecule has 1 saturated heterocycles. The van der Waals surface area contributed by atoms with Crippen LogP contribution in [0.15, 0.2) is 57.7 Å². The molecule has 2 aliphatic heterocycles. The maximum atomic E-state index is 14.5. The standard InChI is InChI=1S/C38H32F2N6O4S/c1-18-16-20-17-28(51-34(20)35(41-18)43-25-14-11-23-22(25)10-12-24(40)33(23)49-2)30-29(36-44-45-38(48)50-36)26(13-7-19-5-8-21(39)9-6-19)42-32-27-4-3-15-46(27)37(47)31(30)32/h5-6,8-10,12,16-17,25,27H,3-4,7,11,13-15H2,1-2H3,(H,41,43)(H,45,48)/t25-,27-/m1/s1. The largest absolute Gasteiger partial charge is 0.493 e. The number of benzene rings is 2. The number of aromatic amines is 1. The molecule has 2 aromatic carbocycles. The highest BCUT2D eigenvalue weighted by Crippen LogP contribution is 2.51. The summed E-state index contributed by atoms with van der Waals surface area (Å²) in [4.78, 5) is 39.3. The summed E-state index contributed by atoms with van der Waals surface area (Å²) in [7, 11) is 1.49. The van der Waals surface area contributed by atoms with Gasteiger partial charge in [0, 0.05) is 28.2 Å². The number of methoxy groups -OCH3 is 1. The maximum Gasteiger partial charge on any atom is 0.434 e. The lowest BCUT2D eigenvalue weighted by atomic mass is 9.93. The van der Waals surface area contributed by atoms with E-state index in [1.807, 2.05) is 24.0 Å². The number of halogens is 2. The zero-order valence-corrected chi connectivity index (χ0v) is 28.6. The molecule has 6 heterocycles. The summed E-state index contributed by atoms with van der Waals surface area (Å²) in [5, 5.41) is 11.2. The number of nitrogens with one attached hydrogen (secondary N) is 2. The molecule has 3 aliphatic rings. The Hall–Kier alpha value is -5.43. The quantitative estimate of drug-likeness (QED) is 0.167. The van der Waals surface area contributed by atoms with Crippen LogP contribution in [0.4, 0.5) is 14.6 Å². The van der Waals surface area contributed by atoms with Crippen molar-refractivity contribution in [1.29, 1.82) is 0 Å². The summed E-state index contributed by atoms with van der Waals surface area (Å²) < 4.78 is 40.1. The number of aromatic nitrogens is 4. The zero-order valence-electron chi connectivity index (χ0n) is 27.8. The molecule has 1 aliphatic carbocycles. The second-order valence-electron chi connectivity index (χ2n) is 13.3. The van der Waals surface area contributed by atoms with Gasteiger partial charge in [0.15, 0.2) is 11.6 Å². The Labute approximate surface area is 294 Å². The topological polar surface area (TPSA) is 126 Å². The number of hydrogen-bond donors (Lipinski definition) is 2. The molecule has 0 radical (unpaired) electrons. The van der Waals surface area contributed by atoms with Crippen molar-refractivity contribution in [2.45, 2.75) is 57.5 Å². The Kier molecular flexibility index (Phi) is 7.49. The first-order valence-corrected chi connectivity index (χ1v) is 17.8. The Morgan fingerprint density at radius 2 is 1.88 bits per heavy atom. The van der Waals surface area contributed by atoms with Gasteiger partial charge in [-0.3, -0.25) is 9.78 Å². The van der Waals surface area contributed by atoms with Gasteiger partial charge in [0.2, 0.25) is 0 Å². The van der Waals surface area contributed by atoms with Crippen molar-refractivity contribution in [1.82, 2.24) is 25.1 Å². The number of ether oxygens (including phenoxy) is 1. The Bertz CT molecular complexity index is 2440.